The summed E-state index contributed by atoms with van der Waals surface area (Å²) in [6.07, 6.45) is 1.87. The lowest BCUT2D eigenvalue weighted by Crippen LogP contribution is -2.09. The van der Waals surface area contributed by atoms with Crippen molar-refractivity contribution in [1.29, 1.82) is 0 Å². The average molecular weight is 354 g/mol. The smallest absolute Gasteiger partial charge is 0.224 e. The van der Waals surface area contributed by atoms with Crippen molar-refractivity contribution >= 4 is 17.5 Å². The van der Waals surface area contributed by atoms with Crippen LogP contribution in [-0.2, 0) is 6.42 Å². The summed E-state index contributed by atoms with van der Waals surface area (Å²) in [7, 11) is 0. The van der Waals surface area contributed by atoms with Crippen molar-refractivity contribution in [2.75, 3.05) is 17.2 Å². The molecule has 0 saturated carbocycles. The lowest BCUT2D eigenvalue weighted by Gasteiger charge is -2.11. The zero-order valence-electron chi connectivity index (χ0n) is 14.5. The first kappa shape index (κ1) is 17.8. The highest BCUT2D eigenvalue weighted by molar-refractivity contribution is 5.58. The molecule has 2 aromatic carbocycles. The van der Waals surface area contributed by atoms with Gasteiger partial charge in [-0.1, -0.05) is 36.4 Å². The maximum absolute atomic E-state index is 13.8. The van der Waals surface area contributed by atoms with E-state index in [2.05, 4.69) is 32.7 Å². The molecule has 3 rings (SSSR count). The van der Waals surface area contributed by atoms with Gasteiger partial charge in [0, 0.05) is 18.3 Å². The number of anilines is 3. The Morgan fingerprint density at radius 3 is 2.38 bits per heavy atom. The fraction of sp³-hybridized carbons (Fsp3) is 0.200. The minimum atomic E-state index is -0.668. The van der Waals surface area contributed by atoms with Crippen LogP contribution in [0.3, 0.4) is 0 Å². The molecule has 0 aliphatic rings. The molecule has 4 nitrogen and oxygen atoms in total. The predicted molar refractivity (Wildman–Crippen MR) is 99.7 cm³/mol. The van der Waals surface area contributed by atoms with E-state index in [1.54, 1.807) is 13.0 Å². The standard InChI is InChI=1S/C20H20F2N4/c1-14-13-18(25-19-16(21)10-5-11-17(19)22)26-20(24-14)23-12-6-9-15-7-3-2-4-8-15/h2-5,7-8,10-11,13H,6,9,12H2,1H3,(H2,23,24,25,26). The van der Waals surface area contributed by atoms with Crippen LogP contribution in [0, 0.1) is 18.6 Å². The molecule has 6 heteroatoms. The monoisotopic (exact) mass is 354 g/mol. The van der Waals surface area contributed by atoms with E-state index in [-0.39, 0.29) is 5.69 Å². The predicted octanol–water partition coefficient (Wildman–Crippen LogP) is 4.85. The van der Waals surface area contributed by atoms with Gasteiger partial charge in [-0.25, -0.2) is 13.8 Å². The van der Waals surface area contributed by atoms with Gasteiger partial charge in [-0.2, -0.15) is 4.98 Å². The Morgan fingerprint density at radius 1 is 0.923 bits per heavy atom. The largest absolute Gasteiger partial charge is 0.354 e. The van der Waals surface area contributed by atoms with E-state index in [1.807, 2.05) is 18.2 Å². The van der Waals surface area contributed by atoms with Gasteiger partial charge >= 0.3 is 0 Å². The van der Waals surface area contributed by atoms with Gasteiger partial charge in [-0.3, -0.25) is 0 Å². The highest BCUT2D eigenvalue weighted by Gasteiger charge is 2.10. The molecule has 0 aliphatic carbocycles. The summed E-state index contributed by atoms with van der Waals surface area (Å²) in [6.45, 7) is 2.51. The molecule has 0 amide bonds. The minimum absolute atomic E-state index is 0.222. The number of nitrogens with zero attached hydrogens (tertiary/aromatic N) is 2. The second-order valence-corrected chi connectivity index (χ2v) is 5.96. The van der Waals surface area contributed by atoms with Gasteiger partial charge in [0.05, 0.1) is 0 Å². The average Bonchev–Trinajstić information content (AvgIpc) is 2.63. The van der Waals surface area contributed by atoms with Crippen LogP contribution in [0.15, 0.2) is 54.6 Å². The number of hydrogen-bond donors (Lipinski definition) is 2. The number of aromatic nitrogens is 2. The second kappa shape index (κ2) is 8.38. The fourth-order valence-electron chi connectivity index (χ4n) is 2.59. The summed E-state index contributed by atoms with van der Waals surface area (Å²) in [5.41, 5.74) is 1.75. The van der Waals surface area contributed by atoms with Crippen molar-refractivity contribution < 1.29 is 8.78 Å². The third-order valence-corrected chi connectivity index (χ3v) is 3.84. The van der Waals surface area contributed by atoms with Crippen molar-refractivity contribution in [1.82, 2.24) is 9.97 Å². The number of halogens is 2. The molecule has 26 heavy (non-hydrogen) atoms. The van der Waals surface area contributed by atoms with Crippen LogP contribution in [0.5, 0.6) is 0 Å². The van der Waals surface area contributed by atoms with Crippen molar-refractivity contribution in [2.24, 2.45) is 0 Å². The van der Waals surface area contributed by atoms with Gasteiger partial charge in [0.15, 0.2) is 0 Å². The van der Waals surface area contributed by atoms with Gasteiger partial charge in [0.1, 0.15) is 23.1 Å². The fourth-order valence-corrected chi connectivity index (χ4v) is 2.59. The molecule has 0 fully saturated rings. The number of para-hydroxylation sites is 1. The van der Waals surface area contributed by atoms with Crippen LogP contribution < -0.4 is 10.6 Å². The minimum Gasteiger partial charge on any atom is -0.354 e. The van der Waals surface area contributed by atoms with E-state index in [9.17, 15) is 8.78 Å². The Labute approximate surface area is 151 Å². The van der Waals surface area contributed by atoms with E-state index in [1.165, 1.54) is 23.8 Å². The normalized spacial score (nSPS) is 10.6. The summed E-state index contributed by atoms with van der Waals surface area (Å²) in [6, 6.07) is 15.6. The Bertz CT molecular complexity index is 849. The van der Waals surface area contributed by atoms with Gasteiger partial charge in [-0.15, -0.1) is 0 Å². The molecule has 2 N–H and O–H groups in total. The van der Waals surface area contributed by atoms with Crippen molar-refractivity contribution in [3.8, 4) is 0 Å². The quantitative estimate of drug-likeness (QED) is 0.596. The first-order valence-electron chi connectivity index (χ1n) is 8.46. The molecule has 0 saturated heterocycles. The molecule has 0 radical (unpaired) electrons. The summed E-state index contributed by atoms with van der Waals surface area (Å²) < 4.78 is 27.6. The summed E-state index contributed by atoms with van der Waals surface area (Å²) in [5, 5.41) is 5.86. The molecule has 0 unspecified atom stereocenters. The van der Waals surface area contributed by atoms with E-state index in [4.69, 9.17) is 0 Å². The molecule has 134 valence electrons. The lowest BCUT2D eigenvalue weighted by molar-refractivity contribution is 0.590. The lowest BCUT2D eigenvalue weighted by atomic mass is 10.1. The Morgan fingerprint density at radius 2 is 1.65 bits per heavy atom. The van der Waals surface area contributed by atoms with Gasteiger partial charge in [0.2, 0.25) is 5.95 Å². The molecular formula is C20H20F2N4. The highest BCUT2D eigenvalue weighted by Crippen LogP contribution is 2.23. The van der Waals surface area contributed by atoms with Crippen LogP contribution in [-0.4, -0.2) is 16.5 Å². The Hall–Kier alpha value is -3.02. The van der Waals surface area contributed by atoms with Crippen molar-refractivity contribution in [3.05, 3.63) is 77.5 Å². The van der Waals surface area contributed by atoms with E-state index in [0.717, 1.165) is 12.8 Å². The van der Waals surface area contributed by atoms with Gasteiger partial charge < -0.3 is 10.6 Å². The zero-order chi connectivity index (χ0) is 18.4. The van der Waals surface area contributed by atoms with Gasteiger partial charge in [0.25, 0.3) is 0 Å². The van der Waals surface area contributed by atoms with Gasteiger partial charge in [-0.05, 0) is 37.5 Å². The molecule has 0 spiro atoms. The number of hydrogen-bond acceptors (Lipinski definition) is 4. The third-order valence-electron chi connectivity index (χ3n) is 3.84. The van der Waals surface area contributed by atoms with Crippen LogP contribution in [0.1, 0.15) is 17.7 Å². The summed E-state index contributed by atoms with van der Waals surface area (Å²) in [4.78, 5) is 8.60. The number of benzene rings is 2. The SMILES string of the molecule is Cc1cc(Nc2c(F)cccc2F)nc(NCCCc2ccccc2)n1. The Kier molecular flexibility index (Phi) is 5.73. The topological polar surface area (TPSA) is 49.8 Å². The molecule has 3 aromatic rings. The molecule has 0 aliphatic heterocycles. The third kappa shape index (κ3) is 4.75. The first-order valence-corrected chi connectivity index (χ1v) is 8.46. The molecule has 0 atom stereocenters. The second-order valence-electron chi connectivity index (χ2n) is 5.96. The van der Waals surface area contributed by atoms with Crippen molar-refractivity contribution in [2.45, 2.75) is 19.8 Å². The molecular weight excluding hydrogens is 334 g/mol. The maximum Gasteiger partial charge on any atom is 0.224 e. The molecule has 0 bridgehead atoms. The maximum atomic E-state index is 13.8. The van der Waals surface area contributed by atoms with E-state index in [0.29, 0.717) is 24.0 Å². The number of aryl methyl sites for hydroxylation is 2. The summed E-state index contributed by atoms with van der Waals surface area (Å²) in [5.74, 6) is -0.568. The zero-order valence-corrected chi connectivity index (χ0v) is 14.5. The first-order chi connectivity index (χ1) is 12.6. The Balaban J connectivity index is 1.62. The van der Waals surface area contributed by atoms with Crippen molar-refractivity contribution in [3.63, 3.8) is 0 Å². The summed E-state index contributed by atoms with van der Waals surface area (Å²) >= 11 is 0. The van der Waals surface area contributed by atoms with Crippen LogP contribution in [0.25, 0.3) is 0 Å². The highest BCUT2D eigenvalue weighted by atomic mass is 19.1. The molecule has 1 aromatic heterocycles. The van der Waals surface area contributed by atoms with Crippen LogP contribution in [0.4, 0.5) is 26.2 Å². The molecule has 1 heterocycles. The number of rotatable bonds is 7. The number of nitrogens with one attached hydrogen (secondary N) is 2. The van der Waals surface area contributed by atoms with E-state index >= 15 is 0 Å². The van der Waals surface area contributed by atoms with Crippen LogP contribution >= 0.6 is 0 Å². The van der Waals surface area contributed by atoms with Crippen LogP contribution in [0.2, 0.25) is 0 Å². The van der Waals surface area contributed by atoms with E-state index < -0.39 is 11.6 Å².